The van der Waals surface area contributed by atoms with Crippen molar-refractivity contribution in [1.82, 2.24) is 19.8 Å². The van der Waals surface area contributed by atoms with Crippen LogP contribution in [0.2, 0.25) is 0 Å². The van der Waals surface area contributed by atoms with Gasteiger partial charge in [0.1, 0.15) is 12.7 Å². The Hall–Kier alpha value is -1.67. The monoisotopic (exact) mass is 345 g/mol. The summed E-state index contributed by atoms with van der Waals surface area (Å²) >= 11 is 0. The van der Waals surface area contributed by atoms with Crippen LogP contribution >= 0.6 is 12.4 Å². The first-order valence-corrected chi connectivity index (χ1v) is 7.68. The Morgan fingerprint density at radius 2 is 2.13 bits per heavy atom. The van der Waals surface area contributed by atoms with E-state index in [1.54, 1.807) is 11.5 Å². The van der Waals surface area contributed by atoms with E-state index in [9.17, 15) is 14.9 Å². The van der Waals surface area contributed by atoms with Gasteiger partial charge in [-0.2, -0.15) is 0 Å². The molecule has 1 fully saturated rings. The molecule has 1 saturated heterocycles. The Balaban J connectivity index is 0.00000264. The molecule has 130 valence electrons. The number of carbonyl (C=O) groups is 1. The van der Waals surface area contributed by atoms with E-state index < -0.39 is 4.92 Å². The van der Waals surface area contributed by atoms with Gasteiger partial charge in [0.2, 0.25) is 11.7 Å². The Kier molecular flexibility index (Phi) is 7.44. The average Bonchev–Trinajstić information content (AvgIpc) is 2.87. The summed E-state index contributed by atoms with van der Waals surface area (Å²) in [4.78, 5) is 28.2. The minimum absolute atomic E-state index is 0. The highest BCUT2D eigenvalue weighted by atomic mass is 35.5. The number of amides is 1. The van der Waals surface area contributed by atoms with E-state index in [1.807, 2.05) is 4.90 Å². The van der Waals surface area contributed by atoms with Crippen molar-refractivity contribution in [3.05, 3.63) is 22.1 Å². The number of nitrogens with one attached hydrogen (secondary N) is 1. The van der Waals surface area contributed by atoms with Gasteiger partial charge >= 0.3 is 5.82 Å². The number of carbonyl (C=O) groups excluding carboxylic acids is 1. The van der Waals surface area contributed by atoms with Crippen molar-refractivity contribution in [2.45, 2.75) is 33.2 Å². The standard InChI is InChI=1S/C14H23N5O3.ClH/c1-3-15-8-12-4-6-17(7-5-12)14(20)10-18-9-13(19(21)22)16-11(18)2;/h9,12,15H,3-8,10H2,1-2H3;1H. The molecule has 2 rings (SSSR count). The number of imidazole rings is 1. The summed E-state index contributed by atoms with van der Waals surface area (Å²) < 4.78 is 1.55. The predicted molar refractivity (Wildman–Crippen MR) is 88.7 cm³/mol. The zero-order valence-electron chi connectivity index (χ0n) is 13.5. The summed E-state index contributed by atoms with van der Waals surface area (Å²) in [6.45, 7) is 7.36. The molecule has 9 heteroatoms. The Bertz CT molecular complexity index is 541. The molecule has 1 aromatic rings. The molecule has 23 heavy (non-hydrogen) atoms. The number of likely N-dealkylation sites (tertiary alicyclic amines) is 1. The van der Waals surface area contributed by atoms with Gasteiger partial charge in [0.15, 0.2) is 0 Å². The third-order valence-electron chi connectivity index (χ3n) is 4.11. The van der Waals surface area contributed by atoms with E-state index >= 15 is 0 Å². The molecule has 0 aliphatic carbocycles. The number of nitrogens with zero attached hydrogens (tertiary/aromatic N) is 4. The van der Waals surface area contributed by atoms with E-state index in [-0.39, 0.29) is 30.7 Å². The lowest BCUT2D eigenvalue weighted by molar-refractivity contribution is -0.389. The summed E-state index contributed by atoms with van der Waals surface area (Å²) in [6.07, 6.45) is 3.33. The zero-order chi connectivity index (χ0) is 16.1. The molecule has 1 aromatic heterocycles. The molecule has 1 aliphatic heterocycles. The van der Waals surface area contributed by atoms with Crippen molar-refractivity contribution in [1.29, 1.82) is 0 Å². The van der Waals surface area contributed by atoms with Crippen LogP contribution in [0.15, 0.2) is 6.20 Å². The summed E-state index contributed by atoms with van der Waals surface area (Å²) in [6, 6.07) is 0. The van der Waals surface area contributed by atoms with Gasteiger partial charge < -0.3 is 20.3 Å². The molecule has 2 heterocycles. The summed E-state index contributed by atoms with van der Waals surface area (Å²) in [5, 5.41) is 14.0. The lowest BCUT2D eigenvalue weighted by Gasteiger charge is -2.32. The van der Waals surface area contributed by atoms with Crippen molar-refractivity contribution < 1.29 is 9.72 Å². The lowest BCUT2D eigenvalue weighted by Crippen LogP contribution is -2.42. The van der Waals surface area contributed by atoms with Gasteiger partial charge in [-0.3, -0.25) is 9.36 Å². The van der Waals surface area contributed by atoms with Gasteiger partial charge in [-0.15, -0.1) is 12.4 Å². The predicted octanol–water partition coefficient (Wildman–Crippen LogP) is 1.37. The van der Waals surface area contributed by atoms with Crippen LogP contribution in [0.5, 0.6) is 0 Å². The first kappa shape index (κ1) is 19.4. The van der Waals surface area contributed by atoms with Crippen LogP contribution in [0.3, 0.4) is 0 Å². The molecule has 0 bridgehead atoms. The maximum atomic E-state index is 12.3. The normalized spacial score (nSPS) is 15.3. The second-order valence-electron chi connectivity index (χ2n) is 5.66. The number of nitro groups is 1. The van der Waals surface area contributed by atoms with E-state index in [0.29, 0.717) is 11.7 Å². The van der Waals surface area contributed by atoms with Crippen molar-refractivity contribution in [3.63, 3.8) is 0 Å². The average molecular weight is 346 g/mol. The SMILES string of the molecule is CCNCC1CCN(C(=O)Cn2cc([N+](=O)[O-])nc2C)CC1.Cl. The van der Waals surface area contributed by atoms with Crippen LogP contribution < -0.4 is 5.32 Å². The topological polar surface area (TPSA) is 93.3 Å². The maximum absolute atomic E-state index is 12.3. The quantitative estimate of drug-likeness (QED) is 0.620. The molecule has 1 aliphatic rings. The molecule has 1 amide bonds. The zero-order valence-corrected chi connectivity index (χ0v) is 14.3. The smallest absolute Gasteiger partial charge is 0.358 e. The maximum Gasteiger partial charge on any atom is 0.381 e. The molecular weight excluding hydrogens is 322 g/mol. The highest BCUT2D eigenvalue weighted by Crippen LogP contribution is 2.17. The number of rotatable bonds is 6. The summed E-state index contributed by atoms with van der Waals surface area (Å²) in [7, 11) is 0. The number of aryl methyl sites for hydroxylation is 1. The molecule has 0 atom stereocenters. The van der Waals surface area contributed by atoms with Crippen molar-refractivity contribution in [2.24, 2.45) is 5.92 Å². The minimum atomic E-state index is -0.541. The number of hydrogen-bond acceptors (Lipinski definition) is 5. The van der Waals surface area contributed by atoms with Gasteiger partial charge in [0, 0.05) is 20.0 Å². The lowest BCUT2D eigenvalue weighted by atomic mass is 9.97. The number of hydrogen-bond donors (Lipinski definition) is 1. The Morgan fingerprint density at radius 1 is 1.48 bits per heavy atom. The van der Waals surface area contributed by atoms with Crippen LogP contribution in [0.1, 0.15) is 25.6 Å². The Labute approximate surface area is 141 Å². The van der Waals surface area contributed by atoms with E-state index in [1.165, 1.54) is 6.20 Å². The first-order chi connectivity index (χ1) is 10.5. The van der Waals surface area contributed by atoms with Gasteiger partial charge in [-0.25, -0.2) is 0 Å². The fourth-order valence-corrected chi connectivity index (χ4v) is 2.72. The summed E-state index contributed by atoms with van der Waals surface area (Å²) in [5.41, 5.74) is 0. The van der Waals surface area contributed by atoms with Crippen molar-refractivity contribution in [3.8, 4) is 0 Å². The van der Waals surface area contributed by atoms with Gasteiger partial charge in [-0.05, 0) is 41.8 Å². The van der Waals surface area contributed by atoms with Gasteiger partial charge in [-0.1, -0.05) is 6.92 Å². The fourth-order valence-electron chi connectivity index (χ4n) is 2.72. The van der Waals surface area contributed by atoms with E-state index in [0.717, 1.165) is 39.0 Å². The molecular formula is C14H24ClN5O3. The molecule has 0 radical (unpaired) electrons. The number of piperidine rings is 1. The van der Waals surface area contributed by atoms with Crippen LogP contribution in [-0.2, 0) is 11.3 Å². The van der Waals surface area contributed by atoms with Crippen LogP contribution in [0.25, 0.3) is 0 Å². The first-order valence-electron chi connectivity index (χ1n) is 7.68. The van der Waals surface area contributed by atoms with E-state index in [2.05, 4.69) is 17.2 Å². The fraction of sp³-hybridized carbons (Fsp3) is 0.714. The third kappa shape index (κ3) is 5.18. The second-order valence-corrected chi connectivity index (χ2v) is 5.66. The van der Waals surface area contributed by atoms with Crippen LogP contribution in [0.4, 0.5) is 5.82 Å². The highest BCUT2D eigenvalue weighted by molar-refractivity contribution is 5.85. The molecule has 0 aromatic carbocycles. The highest BCUT2D eigenvalue weighted by Gasteiger charge is 2.24. The second kappa shape index (κ2) is 8.83. The number of halogens is 1. The number of aromatic nitrogens is 2. The van der Waals surface area contributed by atoms with Gasteiger partial charge in [0.25, 0.3) is 0 Å². The minimum Gasteiger partial charge on any atom is -0.358 e. The third-order valence-corrected chi connectivity index (χ3v) is 4.11. The molecule has 0 spiro atoms. The van der Waals surface area contributed by atoms with Crippen LogP contribution in [0, 0.1) is 23.0 Å². The van der Waals surface area contributed by atoms with E-state index in [4.69, 9.17) is 0 Å². The van der Waals surface area contributed by atoms with Crippen molar-refractivity contribution in [2.75, 3.05) is 26.2 Å². The largest absolute Gasteiger partial charge is 0.381 e. The molecule has 8 nitrogen and oxygen atoms in total. The molecule has 0 unspecified atom stereocenters. The summed E-state index contributed by atoms with van der Waals surface area (Å²) in [5.74, 6) is 0.897. The van der Waals surface area contributed by atoms with Crippen LogP contribution in [-0.4, -0.2) is 51.5 Å². The Morgan fingerprint density at radius 3 is 2.65 bits per heavy atom. The molecule has 1 N–H and O–H groups in total. The van der Waals surface area contributed by atoms with Crippen molar-refractivity contribution >= 4 is 24.1 Å². The molecule has 0 saturated carbocycles. The van der Waals surface area contributed by atoms with Gasteiger partial charge in [0.05, 0.1) is 0 Å².